The van der Waals surface area contributed by atoms with Gasteiger partial charge in [-0.15, -0.1) is 0 Å². The Hall–Kier alpha value is -3.92. The van der Waals surface area contributed by atoms with Gasteiger partial charge in [-0.3, -0.25) is 0 Å². The molecule has 192 valence electrons. The minimum atomic E-state index is -0.933. The van der Waals surface area contributed by atoms with E-state index >= 15 is 0 Å². The lowest BCUT2D eigenvalue weighted by Gasteiger charge is -2.13. The van der Waals surface area contributed by atoms with Crippen LogP contribution in [0, 0.1) is 5.92 Å². The normalized spacial score (nSPS) is 10.8. The number of hydrogen-bond donors (Lipinski definition) is 1. The van der Waals surface area contributed by atoms with E-state index in [-0.39, 0.29) is 5.97 Å². The minimum absolute atomic E-state index is 0.310. The lowest BCUT2D eigenvalue weighted by molar-refractivity contribution is -0.139. The van der Waals surface area contributed by atoms with Crippen LogP contribution in [-0.4, -0.2) is 23.7 Å². The Morgan fingerprint density at radius 1 is 0.917 bits per heavy atom. The average Bonchev–Trinajstić information content (AvgIpc) is 2.92. The van der Waals surface area contributed by atoms with E-state index in [9.17, 15) is 9.59 Å². The van der Waals surface area contributed by atoms with Crippen molar-refractivity contribution >= 4 is 30.2 Å². The van der Waals surface area contributed by atoms with Gasteiger partial charge in [-0.1, -0.05) is 138 Å². The maximum absolute atomic E-state index is 10.8. The number of hydrogen-bond acceptors (Lipinski definition) is 3. The molecule has 0 spiro atoms. The summed E-state index contributed by atoms with van der Waals surface area (Å²) in [5, 5.41) is 8.29. The Morgan fingerprint density at radius 3 is 1.97 bits per heavy atom. The zero-order valence-corrected chi connectivity index (χ0v) is 21.6. The molecule has 2 aromatic rings. The molecule has 0 radical (unpaired) electrons. The average molecular weight is 489 g/mol. The molecule has 0 aliphatic heterocycles. The lowest BCUT2D eigenvalue weighted by atomic mass is 10.0. The van der Waals surface area contributed by atoms with Crippen molar-refractivity contribution in [3.8, 4) is 0 Å². The predicted molar refractivity (Wildman–Crippen MR) is 153 cm³/mol. The number of allylic oxidation sites excluding steroid dienone is 2. The molecule has 0 heterocycles. The van der Waals surface area contributed by atoms with Crippen molar-refractivity contribution in [2.24, 2.45) is 5.92 Å². The topological polar surface area (TPSA) is 63.6 Å². The molecule has 0 saturated heterocycles. The molecule has 0 aliphatic carbocycles. The summed E-state index contributed by atoms with van der Waals surface area (Å²) in [6.45, 7) is 15.6. The Bertz CT molecular complexity index is 944. The van der Waals surface area contributed by atoms with E-state index in [1.54, 1.807) is 6.08 Å². The highest BCUT2D eigenvalue weighted by Gasteiger charge is 2.07. The number of unbranched alkanes of at least 4 members (excludes halogenated alkanes) is 1. The van der Waals surface area contributed by atoms with Crippen LogP contribution in [0.2, 0.25) is 0 Å². The van der Waals surface area contributed by atoms with Gasteiger partial charge in [0.15, 0.2) is 0 Å². The summed E-state index contributed by atoms with van der Waals surface area (Å²) in [4.78, 5) is 20.9. The van der Waals surface area contributed by atoms with Gasteiger partial charge in [0.25, 0.3) is 0 Å². The highest BCUT2D eigenvalue weighted by Crippen LogP contribution is 2.13. The van der Waals surface area contributed by atoms with Crippen LogP contribution in [0.4, 0.5) is 0 Å². The van der Waals surface area contributed by atoms with Crippen molar-refractivity contribution in [1.82, 2.24) is 0 Å². The van der Waals surface area contributed by atoms with Gasteiger partial charge in [0.2, 0.25) is 0 Å². The van der Waals surface area contributed by atoms with Gasteiger partial charge in [-0.2, -0.15) is 0 Å². The fourth-order valence-corrected chi connectivity index (χ4v) is 2.91. The van der Waals surface area contributed by atoms with Crippen molar-refractivity contribution in [3.63, 3.8) is 0 Å². The molecular formula is C32H40O4. The quantitative estimate of drug-likeness (QED) is 0.186. The maximum Gasteiger partial charge on any atom is 0.330 e. The number of carbonyl (C=O) groups is 2. The van der Waals surface area contributed by atoms with Crippen LogP contribution in [0.25, 0.3) is 18.2 Å². The first-order chi connectivity index (χ1) is 17.4. The predicted octanol–water partition coefficient (Wildman–Crippen LogP) is 8.25. The van der Waals surface area contributed by atoms with Gasteiger partial charge in [-0.05, 0) is 29.0 Å². The molecule has 1 N–H and O–H groups in total. The lowest BCUT2D eigenvalue weighted by Crippen LogP contribution is -2.12. The van der Waals surface area contributed by atoms with Gasteiger partial charge in [0.1, 0.15) is 0 Å². The maximum atomic E-state index is 10.8. The second-order valence-electron chi connectivity index (χ2n) is 7.75. The second-order valence-corrected chi connectivity index (χ2v) is 7.75. The van der Waals surface area contributed by atoms with Gasteiger partial charge < -0.3 is 9.84 Å². The molecule has 0 saturated carbocycles. The molecule has 0 fully saturated rings. The third-order valence-corrected chi connectivity index (χ3v) is 5.05. The summed E-state index contributed by atoms with van der Waals surface area (Å²) >= 11 is 0. The first kappa shape index (κ1) is 32.1. The molecule has 0 amide bonds. The number of benzene rings is 2. The van der Waals surface area contributed by atoms with E-state index in [1.165, 1.54) is 25.0 Å². The molecule has 2 rings (SSSR count). The Morgan fingerprint density at radius 2 is 1.50 bits per heavy atom. The number of rotatable bonds is 12. The van der Waals surface area contributed by atoms with E-state index in [4.69, 9.17) is 9.84 Å². The standard InChI is InChI=1S/C11H10O2.C11H20O2.C10H10/c12-11(13)9-5-4-8-10-6-2-1-3-7-10;1-4-7-8-10(5-2)9-13-11(12)6-3;1-3-9-7-5-6-8-10(9)4-2/h1-9H,(H,12,13);6,10H,3-5,7-9H2,1-2H3;3-8H,1-2H2. The van der Waals surface area contributed by atoms with Gasteiger partial charge >= 0.3 is 11.9 Å². The number of carbonyl (C=O) groups excluding carboxylic acids is 1. The molecule has 0 aliphatic rings. The molecular weight excluding hydrogens is 448 g/mol. The highest BCUT2D eigenvalue weighted by molar-refractivity contribution is 5.81. The van der Waals surface area contributed by atoms with Crippen LogP contribution in [0.3, 0.4) is 0 Å². The van der Waals surface area contributed by atoms with Crippen molar-refractivity contribution in [2.75, 3.05) is 6.61 Å². The number of aliphatic carboxylic acids is 1. The Kier molecular flexibility index (Phi) is 19.3. The highest BCUT2D eigenvalue weighted by atomic mass is 16.5. The number of ether oxygens (including phenoxy) is 1. The van der Waals surface area contributed by atoms with Crippen molar-refractivity contribution < 1.29 is 19.4 Å². The van der Waals surface area contributed by atoms with Crippen molar-refractivity contribution in [3.05, 3.63) is 115 Å². The first-order valence-electron chi connectivity index (χ1n) is 12.2. The third kappa shape index (κ3) is 16.7. The van der Waals surface area contributed by atoms with Crippen LogP contribution >= 0.6 is 0 Å². The number of carboxylic acid groups (broad SMARTS) is 1. The summed E-state index contributed by atoms with van der Waals surface area (Å²) in [6.07, 6.45) is 15.6. The van der Waals surface area contributed by atoms with Crippen LogP contribution in [-0.2, 0) is 14.3 Å². The molecule has 2 aromatic carbocycles. The smallest absolute Gasteiger partial charge is 0.330 e. The van der Waals surface area contributed by atoms with E-state index in [2.05, 4.69) is 33.6 Å². The fraction of sp³-hybridized carbons (Fsp3) is 0.250. The Labute approximate surface area is 217 Å². The summed E-state index contributed by atoms with van der Waals surface area (Å²) in [7, 11) is 0. The molecule has 4 heteroatoms. The van der Waals surface area contributed by atoms with Gasteiger partial charge in [0.05, 0.1) is 6.61 Å². The Balaban J connectivity index is 0.000000515. The van der Waals surface area contributed by atoms with Crippen LogP contribution in [0.5, 0.6) is 0 Å². The minimum Gasteiger partial charge on any atom is -0.478 e. The molecule has 0 aromatic heterocycles. The monoisotopic (exact) mass is 488 g/mol. The molecule has 4 nitrogen and oxygen atoms in total. The van der Waals surface area contributed by atoms with Crippen molar-refractivity contribution in [2.45, 2.75) is 39.5 Å². The summed E-state index contributed by atoms with van der Waals surface area (Å²) in [5.74, 6) is -0.725. The molecule has 1 unspecified atom stereocenters. The third-order valence-electron chi connectivity index (χ3n) is 5.05. The largest absolute Gasteiger partial charge is 0.478 e. The van der Waals surface area contributed by atoms with Crippen LogP contribution in [0.1, 0.15) is 56.2 Å². The van der Waals surface area contributed by atoms with E-state index in [0.29, 0.717) is 12.5 Å². The molecule has 0 bridgehead atoms. The summed E-state index contributed by atoms with van der Waals surface area (Å²) < 4.78 is 4.98. The first-order valence-corrected chi connectivity index (χ1v) is 12.2. The van der Waals surface area contributed by atoms with Gasteiger partial charge in [0, 0.05) is 12.2 Å². The molecule has 36 heavy (non-hydrogen) atoms. The summed E-state index contributed by atoms with van der Waals surface area (Å²) in [6, 6.07) is 17.7. The fourth-order valence-electron chi connectivity index (χ4n) is 2.91. The van der Waals surface area contributed by atoms with Crippen LogP contribution < -0.4 is 0 Å². The SMILES string of the molecule is C=CC(=O)OCC(CC)CCCC.C=Cc1ccccc1C=C.O=C(O)C=CC=Cc1ccccc1. The zero-order chi connectivity index (χ0) is 27.0. The summed E-state index contributed by atoms with van der Waals surface area (Å²) in [5.41, 5.74) is 3.33. The number of carboxylic acids is 1. The van der Waals surface area contributed by atoms with Gasteiger partial charge in [-0.25, -0.2) is 9.59 Å². The van der Waals surface area contributed by atoms with Crippen LogP contribution in [0.15, 0.2) is 98.6 Å². The zero-order valence-electron chi connectivity index (χ0n) is 21.6. The van der Waals surface area contributed by atoms with Crippen molar-refractivity contribution in [1.29, 1.82) is 0 Å². The van der Waals surface area contributed by atoms with E-state index < -0.39 is 5.97 Å². The second kappa shape index (κ2) is 21.6. The number of esters is 1. The van der Waals surface area contributed by atoms with E-state index in [1.807, 2.05) is 72.8 Å². The van der Waals surface area contributed by atoms with E-state index in [0.717, 1.165) is 35.6 Å². The molecule has 1 atom stereocenters.